The number of carbonyl (C=O) groups excluding carboxylic acids is 3. The summed E-state index contributed by atoms with van der Waals surface area (Å²) >= 11 is 1.29. The molecule has 0 bridgehead atoms. The van der Waals surface area contributed by atoms with Crippen molar-refractivity contribution in [2.75, 3.05) is 17.2 Å². The number of nitrogens with one attached hydrogen (secondary N) is 2. The Balaban J connectivity index is 1.64. The number of esters is 1. The van der Waals surface area contributed by atoms with Gasteiger partial charge in [-0.2, -0.15) is 0 Å². The number of hydrogen-bond acceptors (Lipinski definition) is 7. The van der Waals surface area contributed by atoms with Crippen LogP contribution in [0.5, 0.6) is 0 Å². The van der Waals surface area contributed by atoms with Gasteiger partial charge < -0.3 is 15.4 Å². The number of anilines is 2. The van der Waals surface area contributed by atoms with Gasteiger partial charge in [0.05, 0.1) is 10.5 Å². The van der Waals surface area contributed by atoms with Crippen LogP contribution in [0.1, 0.15) is 39.2 Å². The Morgan fingerprint density at radius 2 is 1.90 bits per heavy atom. The van der Waals surface area contributed by atoms with Crippen molar-refractivity contribution in [1.82, 2.24) is 0 Å². The van der Waals surface area contributed by atoms with Crippen molar-refractivity contribution in [2.24, 2.45) is 5.92 Å². The predicted octanol–water partition coefficient (Wildman–Crippen LogP) is 3.73. The van der Waals surface area contributed by atoms with Gasteiger partial charge in [0.1, 0.15) is 5.00 Å². The molecular weight excluding hydrogens is 410 g/mol. The number of thiophene rings is 1. The molecule has 0 spiro atoms. The Morgan fingerprint density at radius 3 is 2.53 bits per heavy atom. The molecule has 1 saturated carbocycles. The zero-order chi connectivity index (χ0) is 22.0. The molecule has 2 N–H and O–H groups in total. The SMILES string of the molecule is Cc1ccc(NC(=O)COC(=O)c2c(NC(=O)C3CC3)sc(C)c2C)cc1[N+](=O)[O-]. The van der Waals surface area contributed by atoms with Crippen LogP contribution in [-0.2, 0) is 14.3 Å². The van der Waals surface area contributed by atoms with Crippen molar-refractivity contribution < 1.29 is 24.0 Å². The van der Waals surface area contributed by atoms with Gasteiger partial charge in [-0.25, -0.2) is 4.79 Å². The lowest BCUT2D eigenvalue weighted by Gasteiger charge is -2.09. The van der Waals surface area contributed by atoms with E-state index in [4.69, 9.17) is 4.74 Å². The van der Waals surface area contributed by atoms with Gasteiger partial charge in [0.2, 0.25) is 5.91 Å². The molecule has 0 aliphatic heterocycles. The monoisotopic (exact) mass is 431 g/mol. The largest absolute Gasteiger partial charge is 0.452 e. The molecular formula is C20H21N3O6S. The average Bonchev–Trinajstić information content (AvgIpc) is 3.49. The Bertz CT molecular complexity index is 1040. The molecule has 1 aliphatic rings. The molecule has 1 aromatic carbocycles. The van der Waals surface area contributed by atoms with E-state index in [2.05, 4.69) is 10.6 Å². The fraction of sp³-hybridized carbons (Fsp3) is 0.350. The lowest BCUT2D eigenvalue weighted by Crippen LogP contribution is -2.22. The number of aryl methyl sites for hydroxylation is 2. The minimum Gasteiger partial charge on any atom is -0.452 e. The summed E-state index contributed by atoms with van der Waals surface area (Å²) in [5.41, 5.74) is 1.50. The molecule has 2 aromatic rings. The summed E-state index contributed by atoms with van der Waals surface area (Å²) in [5, 5.41) is 16.7. The summed E-state index contributed by atoms with van der Waals surface area (Å²) in [5.74, 6) is -1.48. The number of hydrogen-bond donors (Lipinski definition) is 2. The second-order valence-electron chi connectivity index (χ2n) is 7.13. The highest BCUT2D eigenvalue weighted by Crippen LogP contribution is 2.36. The second-order valence-corrected chi connectivity index (χ2v) is 8.36. The fourth-order valence-corrected chi connectivity index (χ4v) is 3.86. The molecule has 1 fully saturated rings. The minimum atomic E-state index is -0.715. The van der Waals surface area contributed by atoms with Crippen molar-refractivity contribution in [3.8, 4) is 0 Å². The van der Waals surface area contributed by atoms with Crippen molar-refractivity contribution >= 4 is 45.5 Å². The molecule has 1 aliphatic carbocycles. The zero-order valence-electron chi connectivity index (χ0n) is 16.7. The van der Waals surface area contributed by atoms with E-state index in [0.29, 0.717) is 16.1 Å². The van der Waals surface area contributed by atoms with E-state index in [1.165, 1.54) is 29.5 Å². The highest BCUT2D eigenvalue weighted by atomic mass is 32.1. The van der Waals surface area contributed by atoms with Crippen LogP contribution in [0.2, 0.25) is 0 Å². The maximum absolute atomic E-state index is 12.6. The Hall–Kier alpha value is -3.27. The molecule has 1 aromatic heterocycles. The number of nitro groups is 1. The predicted molar refractivity (Wildman–Crippen MR) is 112 cm³/mol. The lowest BCUT2D eigenvalue weighted by atomic mass is 10.1. The first kappa shape index (κ1) is 21.4. The molecule has 10 heteroatoms. The van der Waals surface area contributed by atoms with Crippen LogP contribution in [-0.4, -0.2) is 29.3 Å². The summed E-state index contributed by atoms with van der Waals surface area (Å²) < 4.78 is 5.13. The highest BCUT2D eigenvalue weighted by Gasteiger charge is 2.31. The summed E-state index contributed by atoms with van der Waals surface area (Å²) in [6, 6.07) is 4.29. The minimum absolute atomic E-state index is 0.0130. The third kappa shape index (κ3) is 4.82. The maximum Gasteiger partial charge on any atom is 0.341 e. The van der Waals surface area contributed by atoms with Gasteiger partial charge >= 0.3 is 5.97 Å². The standard InChI is InChI=1S/C20H21N3O6S/c1-10-4-7-14(8-15(10)23(27)28)21-16(24)9-29-20(26)17-11(2)12(3)30-19(17)22-18(25)13-5-6-13/h4,7-8,13H,5-6,9H2,1-3H3,(H,21,24)(H,22,25). The molecule has 3 rings (SSSR count). The van der Waals surface area contributed by atoms with E-state index in [0.717, 1.165) is 17.7 Å². The molecule has 0 atom stereocenters. The van der Waals surface area contributed by atoms with Crippen LogP contribution >= 0.6 is 11.3 Å². The summed E-state index contributed by atoms with van der Waals surface area (Å²) in [6.07, 6.45) is 1.68. The summed E-state index contributed by atoms with van der Waals surface area (Å²) in [7, 11) is 0. The maximum atomic E-state index is 12.6. The number of nitro benzene ring substituents is 1. The summed E-state index contributed by atoms with van der Waals surface area (Å²) in [6.45, 7) is 4.61. The Kier molecular flexibility index (Phi) is 6.16. The van der Waals surface area contributed by atoms with E-state index in [1.807, 2.05) is 6.92 Å². The van der Waals surface area contributed by atoms with Gasteiger partial charge in [-0.05, 0) is 45.2 Å². The van der Waals surface area contributed by atoms with Gasteiger partial charge in [0.15, 0.2) is 6.61 Å². The average molecular weight is 431 g/mol. The van der Waals surface area contributed by atoms with Gasteiger partial charge in [0, 0.05) is 28.1 Å². The number of ether oxygens (including phenoxy) is 1. The highest BCUT2D eigenvalue weighted by molar-refractivity contribution is 7.16. The van der Waals surface area contributed by atoms with Gasteiger partial charge in [-0.1, -0.05) is 6.07 Å². The van der Waals surface area contributed by atoms with Gasteiger partial charge in [-0.15, -0.1) is 11.3 Å². The fourth-order valence-electron chi connectivity index (χ4n) is 2.80. The molecule has 158 valence electrons. The first-order chi connectivity index (χ1) is 14.2. The molecule has 2 amide bonds. The molecule has 30 heavy (non-hydrogen) atoms. The van der Waals surface area contributed by atoms with Crippen LogP contribution in [0.15, 0.2) is 18.2 Å². The third-order valence-corrected chi connectivity index (χ3v) is 5.92. The first-order valence-corrected chi connectivity index (χ1v) is 10.1. The first-order valence-electron chi connectivity index (χ1n) is 9.30. The quantitative estimate of drug-likeness (QED) is 0.391. The summed E-state index contributed by atoms with van der Waals surface area (Å²) in [4.78, 5) is 48.1. The van der Waals surface area contributed by atoms with E-state index < -0.39 is 23.4 Å². The third-order valence-electron chi connectivity index (χ3n) is 4.80. The zero-order valence-corrected chi connectivity index (χ0v) is 17.6. The van der Waals surface area contributed by atoms with Crippen LogP contribution in [0, 0.1) is 36.8 Å². The molecule has 0 saturated heterocycles. The molecule has 0 unspecified atom stereocenters. The van der Waals surface area contributed by atoms with Crippen molar-refractivity contribution in [3.63, 3.8) is 0 Å². The Labute approximate surface area is 176 Å². The van der Waals surface area contributed by atoms with E-state index in [1.54, 1.807) is 13.8 Å². The van der Waals surface area contributed by atoms with Crippen molar-refractivity contribution in [3.05, 3.63) is 49.9 Å². The van der Waals surface area contributed by atoms with E-state index in [-0.39, 0.29) is 28.8 Å². The van der Waals surface area contributed by atoms with Crippen molar-refractivity contribution in [1.29, 1.82) is 0 Å². The lowest BCUT2D eigenvalue weighted by molar-refractivity contribution is -0.385. The number of carbonyl (C=O) groups is 3. The van der Waals surface area contributed by atoms with Crippen LogP contribution in [0.3, 0.4) is 0 Å². The van der Waals surface area contributed by atoms with Crippen LogP contribution < -0.4 is 10.6 Å². The van der Waals surface area contributed by atoms with Crippen molar-refractivity contribution in [2.45, 2.75) is 33.6 Å². The van der Waals surface area contributed by atoms with E-state index in [9.17, 15) is 24.5 Å². The van der Waals surface area contributed by atoms with Crippen LogP contribution in [0.4, 0.5) is 16.4 Å². The Morgan fingerprint density at radius 1 is 1.20 bits per heavy atom. The number of benzene rings is 1. The number of nitrogens with zero attached hydrogens (tertiary/aromatic N) is 1. The molecule has 9 nitrogen and oxygen atoms in total. The van der Waals surface area contributed by atoms with Crippen LogP contribution in [0.25, 0.3) is 0 Å². The van der Waals surface area contributed by atoms with Gasteiger partial charge in [-0.3, -0.25) is 19.7 Å². The van der Waals surface area contributed by atoms with Gasteiger partial charge in [0.25, 0.3) is 11.6 Å². The number of rotatable bonds is 7. The molecule has 1 heterocycles. The van der Waals surface area contributed by atoms with E-state index >= 15 is 0 Å². The second kappa shape index (κ2) is 8.62. The normalized spacial score (nSPS) is 12.9. The smallest absolute Gasteiger partial charge is 0.341 e. The molecule has 0 radical (unpaired) electrons. The topological polar surface area (TPSA) is 128 Å². The number of amides is 2.